The third-order valence-electron chi connectivity index (χ3n) is 7.63. The molecule has 1 aliphatic rings. The Morgan fingerprint density at radius 1 is 0.816 bits per heavy atom. The van der Waals surface area contributed by atoms with Gasteiger partial charge in [0.25, 0.3) is 0 Å². The monoisotopic (exact) mass is 508 g/mol. The maximum absolute atomic E-state index is 13.5. The number of phenolic OH excluding ortho intramolecular Hbond substituents is 1. The molecule has 0 amide bonds. The number of imidazole rings is 1. The van der Waals surface area contributed by atoms with Crippen molar-refractivity contribution in [3.8, 4) is 5.75 Å². The van der Waals surface area contributed by atoms with Gasteiger partial charge in [0.05, 0.1) is 17.6 Å². The molecule has 1 aliphatic heterocycles. The highest BCUT2D eigenvalue weighted by Crippen LogP contribution is 2.26. The Morgan fingerprint density at radius 2 is 1.61 bits per heavy atom. The number of para-hydroxylation sites is 2. The summed E-state index contributed by atoms with van der Waals surface area (Å²) >= 11 is 0. The van der Waals surface area contributed by atoms with Crippen molar-refractivity contribution in [3.05, 3.63) is 102 Å². The summed E-state index contributed by atoms with van der Waals surface area (Å²) in [6.45, 7) is 5.72. The fourth-order valence-electron chi connectivity index (χ4n) is 5.68. The van der Waals surface area contributed by atoms with Crippen molar-refractivity contribution in [2.75, 3.05) is 37.6 Å². The third-order valence-corrected chi connectivity index (χ3v) is 7.63. The van der Waals surface area contributed by atoms with E-state index in [1.165, 1.54) is 23.1 Å². The zero-order valence-corrected chi connectivity index (χ0v) is 21.6. The Balaban J connectivity index is 1.14. The van der Waals surface area contributed by atoms with E-state index in [1.807, 2.05) is 30.3 Å². The first-order chi connectivity index (χ1) is 18.6. The van der Waals surface area contributed by atoms with Crippen LogP contribution < -0.4 is 4.90 Å². The first kappa shape index (κ1) is 24.4. The van der Waals surface area contributed by atoms with Gasteiger partial charge in [-0.05, 0) is 90.6 Å². The molecular formula is C32H33FN4O. The van der Waals surface area contributed by atoms with E-state index in [0.717, 1.165) is 79.9 Å². The van der Waals surface area contributed by atoms with Crippen LogP contribution in [0.25, 0.3) is 21.8 Å². The van der Waals surface area contributed by atoms with Gasteiger partial charge in [0, 0.05) is 19.6 Å². The molecule has 1 fully saturated rings. The Kier molecular flexibility index (Phi) is 6.97. The number of benzene rings is 4. The minimum Gasteiger partial charge on any atom is -0.508 e. The second-order valence-corrected chi connectivity index (χ2v) is 10.2. The topological polar surface area (TPSA) is 44.5 Å². The second-order valence-electron chi connectivity index (χ2n) is 10.2. The molecule has 0 saturated carbocycles. The number of rotatable bonds is 6. The minimum absolute atomic E-state index is 0.211. The van der Waals surface area contributed by atoms with E-state index in [4.69, 9.17) is 4.98 Å². The lowest BCUT2D eigenvalue weighted by atomic mass is 10.0. The molecule has 4 aromatic carbocycles. The molecule has 1 saturated heterocycles. The largest absolute Gasteiger partial charge is 0.508 e. The number of aromatic nitrogens is 2. The van der Waals surface area contributed by atoms with Gasteiger partial charge in [-0.25, -0.2) is 9.37 Å². The summed E-state index contributed by atoms with van der Waals surface area (Å²) in [6.07, 6.45) is 3.14. The molecule has 2 heterocycles. The molecule has 0 radical (unpaired) electrons. The van der Waals surface area contributed by atoms with Crippen LogP contribution in [0, 0.1) is 5.82 Å². The fourth-order valence-corrected chi connectivity index (χ4v) is 5.68. The van der Waals surface area contributed by atoms with Gasteiger partial charge in [-0.2, -0.15) is 0 Å². The Hall–Kier alpha value is -3.90. The summed E-state index contributed by atoms with van der Waals surface area (Å²) in [5.74, 6) is 1.11. The van der Waals surface area contributed by atoms with Crippen LogP contribution in [0.5, 0.6) is 5.75 Å². The number of hydrogen-bond acceptors (Lipinski definition) is 4. The first-order valence-corrected chi connectivity index (χ1v) is 13.5. The lowest BCUT2D eigenvalue weighted by Gasteiger charge is -2.31. The maximum atomic E-state index is 13.5. The van der Waals surface area contributed by atoms with E-state index >= 15 is 0 Å². The molecule has 0 atom stereocenters. The predicted molar refractivity (Wildman–Crippen MR) is 152 cm³/mol. The summed E-state index contributed by atoms with van der Waals surface area (Å²) in [6, 6.07) is 27.1. The molecule has 1 N–H and O–H groups in total. The standard InChI is InChI=1S/C32H33FN4O/c33-27-12-10-24(11-13-27)23-37-31-9-2-1-8-30(31)34-32(37)36-19-4-17-35(18-5-20-36)21-16-25-6-3-7-26-22-28(38)14-15-29(25)26/h1-3,6-15,22,38H,4-5,16-21,23H2. The quantitative estimate of drug-likeness (QED) is 0.295. The van der Waals surface area contributed by atoms with E-state index in [2.05, 4.69) is 50.8 Å². The van der Waals surface area contributed by atoms with Crippen LogP contribution in [0.2, 0.25) is 0 Å². The van der Waals surface area contributed by atoms with Crippen LogP contribution in [0.1, 0.15) is 24.0 Å². The molecule has 194 valence electrons. The van der Waals surface area contributed by atoms with Gasteiger partial charge in [0.15, 0.2) is 0 Å². The van der Waals surface area contributed by atoms with Crippen molar-refractivity contribution in [3.63, 3.8) is 0 Å². The third kappa shape index (κ3) is 5.22. The predicted octanol–water partition coefficient (Wildman–Crippen LogP) is 6.23. The highest BCUT2D eigenvalue weighted by atomic mass is 19.1. The number of anilines is 1. The SMILES string of the molecule is Oc1ccc2c(CCN3CCCN(c4nc5ccccc5n4Cc4ccc(F)cc4)CCC3)cccc2c1. The Morgan fingerprint density at radius 3 is 2.42 bits per heavy atom. The van der Waals surface area contributed by atoms with Crippen LogP contribution >= 0.6 is 0 Å². The van der Waals surface area contributed by atoms with Gasteiger partial charge in [-0.1, -0.05) is 48.5 Å². The van der Waals surface area contributed by atoms with Crippen molar-refractivity contribution in [1.29, 1.82) is 0 Å². The molecule has 6 heteroatoms. The zero-order valence-electron chi connectivity index (χ0n) is 21.6. The molecule has 0 bridgehead atoms. The summed E-state index contributed by atoms with van der Waals surface area (Å²) in [5, 5.41) is 12.1. The van der Waals surface area contributed by atoms with Gasteiger partial charge in [0.2, 0.25) is 5.95 Å². The number of halogens is 1. The van der Waals surface area contributed by atoms with Crippen molar-refractivity contribution >= 4 is 27.8 Å². The molecule has 38 heavy (non-hydrogen) atoms. The van der Waals surface area contributed by atoms with E-state index < -0.39 is 0 Å². The lowest BCUT2D eigenvalue weighted by molar-refractivity contribution is 0.262. The van der Waals surface area contributed by atoms with Crippen molar-refractivity contribution in [1.82, 2.24) is 14.5 Å². The molecular weight excluding hydrogens is 475 g/mol. The van der Waals surface area contributed by atoms with Gasteiger partial charge in [-0.3, -0.25) is 0 Å². The highest BCUT2D eigenvalue weighted by molar-refractivity contribution is 5.87. The average Bonchev–Trinajstić information content (AvgIpc) is 3.27. The first-order valence-electron chi connectivity index (χ1n) is 13.5. The molecule has 5 nitrogen and oxygen atoms in total. The molecule has 0 unspecified atom stereocenters. The van der Waals surface area contributed by atoms with E-state index in [-0.39, 0.29) is 5.82 Å². The summed E-state index contributed by atoms with van der Waals surface area (Å²) in [4.78, 5) is 10.0. The van der Waals surface area contributed by atoms with Crippen LogP contribution in [-0.4, -0.2) is 52.3 Å². The highest BCUT2D eigenvalue weighted by Gasteiger charge is 2.20. The van der Waals surface area contributed by atoms with E-state index in [9.17, 15) is 9.50 Å². The Bertz CT molecular complexity index is 1540. The van der Waals surface area contributed by atoms with Crippen LogP contribution in [0.15, 0.2) is 84.9 Å². The molecule has 1 aromatic heterocycles. The number of phenols is 1. The lowest BCUT2D eigenvalue weighted by Crippen LogP contribution is -2.38. The summed E-state index contributed by atoms with van der Waals surface area (Å²) in [7, 11) is 0. The molecule has 0 aliphatic carbocycles. The number of nitrogens with zero attached hydrogens (tertiary/aromatic N) is 4. The minimum atomic E-state index is -0.211. The normalized spacial score (nSPS) is 15.1. The summed E-state index contributed by atoms with van der Waals surface area (Å²) < 4.78 is 15.8. The maximum Gasteiger partial charge on any atom is 0.206 e. The second kappa shape index (κ2) is 10.8. The van der Waals surface area contributed by atoms with Gasteiger partial charge < -0.3 is 19.5 Å². The Labute approximate surface area is 222 Å². The van der Waals surface area contributed by atoms with E-state index in [0.29, 0.717) is 12.3 Å². The van der Waals surface area contributed by atoms with Gasteiger partial charge in [0.1, 0.15) is 11.6 Å². The zero-order chi connectivity index (χ0) is 25.9. The fraction of sp³-hybridized carbons (Fsp3) is 0.281. The van der Waals surface area contributed by atoms with Crippen molar-refractivity contribution < 1.29 is 9.50 Å². The molecule has 6 rings (SSSR count). The van der Waals surface area contributed by atoms with Crippen LogP contribution in [0.4, 0.5) is 10.3 Å². The smallest absolute Gasteiger partial charge is 0.206 e. The summed E-state index contributed by atoms with van der Waals surface area (Å²) in [5.41, 5.74) is 4.51. The molecule has 5 aromatic rings. The number of fused-ring (bicyclic) bond motifs is 2. The van der Waals surface area contributed by atoms with Crippen LogP contribution in [0.3, 0.4) is 0 Å². The number of hydrogen-bond donors (Lipinski definition) is 1. The van der Waals surface area contributed by atoms with Gasteiger partial charge in [-0.15, -0.1) is 0 Å². The molecule has 0 spiro atoms. The van der Waals surface area contributed by atoms with E-state index in [1.54, 1.807) is 6.07 Å². The van der Waals surface area contributed by atoms with Crippen molar-refractivity contribution in [2.24, 2.45) is 0 Å². The number of aromatic hydroxyl groups is 1. The average molecular weight is 509 g/mol. The van der Waals surface area contributed by atoms with Gasteiger partial charge >= 0.3 is 0 Å². The van der Waals surface area contributed by atoms with Crippen molar-refractivity contribution in [2.45, 2.75) is 25.8 Å². The van der Waals surface area contributed by atoms with Crippen LogP contribution in [-0.2, 0) is 13.0 Å².